The van der Waals surface area contributed by atoms with Crippen molar-refractivity contribution in [3.63, 3.8) is 0 Å². The van der Waals surface area contributed by atoms with Crippen molar-refractivity contribution in [1.82, 2.24) is 0 Å². The van der Waals surface area contributed by atoms with Crippen LogP contribution in [-0.2, 0) is 5.41 Å². The Morgan fingerprint density at radius 2 is 1.14 bits per heavy atom. The summed E-state index contributed by atoms with van der Waals surface area (Å²) in [5.41, 5.74) is -15.7. The summed E-state index contributed by atoms with van der Waals surface area (Å²) in [6.07, 6.45) is 0. The molecule has 0 bridgehead atoms. The van der Waals surface area contributed by atoms with Crippen molar-refractivity contribution in [1.29, 1.82) is 0 Å². The highest BCUT2D eigenvalue weighted by Gasteiger charge is 2.35. The summed E-state index contributed by atoms with van der Waals surface area (Å²) >= 11 is 0. The molecule has 210 valence electrons. The molecule has 0 N–H and O–H groups in total. The topological polar surface area (TPSA) is 3.24 Å². The van der Waals surface area contributed by atoms with Crippen LogP contribution in [0.4, 0.5) is 17.1 Å². The fraction of sp³-hybridized carbons (Fsp3) is 0.0698. The minimum absolute atomic E-state index is 0.287. The van der Waals surface area contributed by atoms with Gasteiger partial charge in [-0.1, -0.05) is 141 Å². The van der Waals surface area contributed by atoms with E-state index in [1.54, 1.807) is 0 Å². The number of para-hydroxylation sites is 1. The van der Waals surface area contributed by atoms with E-state index >= 15 is 0 Å². The van der Waals surface area contributed by atoms with Crippen LogP contribution in [-0.4, -0.2) is 0 Å². The minimum atomic E-state index is -4.04. The molecule has 1 aliphatic rings. The monoisotopic (exact) mass is 595 g/mol. The first-order chi connectivity index (χ1) is 34.9. The predicted octanol–water partition coefficient (Wildman–Crippen LogP) is 11.9. The molecular weight excluding hydrogens is 530 g/mol. The number of hydrogen-bond donors (Lipinski definition) is 0. The molecule has 1 heteroatoms. The van der Waals surface area contributed by atoms with Gasteiger partial charge in [0.2, 0.25) is 0 Å². The van der Waals surface area contributed by atoms with Gasteiger partial charge < -0.3 is 4.90 Å². The molecule has 1 nitrogen and oxygen atoms in total. The average molecular weight is 596 g/mol. The first kappa shape index (κ1) is 9.06. The zero-order valence-electron chi connectivity index (χ0n) is 54.0. The Labute approximate surface area is 304 Å². The van der Waals surface area contributed by atoms with Gasteiger partial charge in [0.25, 0.3) is 0 Å². The summed E-state index contributed by atoms with van der Waals surface area (Å²) in [6.45, 7) is -8.08. The molecule has 0 saturated heterocycles. The van der Waals surface area contributed by atoms with E-state index in [1.807, 2.05) is 0 Å². The SMILES string of the molecule is [2H]c1cc(-c2c([2H])c([2H])c([2H])c([2H])c2[2H])c([2H])c2c1C(C([2H])([2H])[2H])(C([2H])([2H])[2H])c1c([2H])c([2H])c([2H])c3c([2H])c([2H])c(N(c4c([2H])c([2H])c([2H])c([2H])c4[2H])c4c([2H])c([2H])c(-c5c([2H])c([2H])c([2H])c([2H])c5[2H])c([2H])c4[2H])c-2c13. The fourth-order valence-corrected chi connectivity index (χ4v) is 4.93. The molecule has 0 fully saturated rings. The van der Waals surface area contributed by atoms with Crippen molar-refractivity contribution < 1.29 is 43.9 Å². The van der Waals surface area contributed by atoms with Crippen molar-refractivity contribution in [3.05, 3.63) is 174 Å². The Kier molecular flexibility index (Phi) is 2.14. The van der Waals surface area contributed by atoms with Crippen LogP contribution in [0, 0.1) is 0 Å². The third kappa shape index (κ3) is 4.24. The van der Waals surface area contributed by atoms with Gasteiger partial charge in [-0.3, -0.25) is 0 Å². The van der Waals surface area contributed by atoms with Crippen molar-refractivity contribution in [3.8, 4) is 33.4 Å². The van der Waals surface area contributed by atoms with E-state index in [9.17, 15) is 15.1 Å². The number of anilines is 3. The highest BCUT2D eigenvalue weighted by Crippen LogP contribution is 2.54. The highest BCUT2D eigenvalue weighted by molar-refractivity contribution is 6.10. The minimum Gasteiger partial charge on any atom is -0.310 e. The van der Waals surface area contributed by atoms with Crippen LogP contribution in [0.2, 0.25) is 0 Å². The van der Waals surface area contributed by atoms with E-state index in [0.717, 1.165) is 0 Å². The molecule has 0 amide bonds. The first-order valence-corrected chi connectivity index (χ1v) is 12.7. The molecule has 44 heavy (non-hydrogen) atoms. The van der Waals surface area contributed by atoms with Gasteiger partial charge in [-0.2, -0.15) is 0 Å². The number of benzene rings is 7. The molecule has 0 radical (unpaired) electrons. The number of fused-ring (bicyclic) bond motifs is 2. The van der Waals surface area contributed by atoms with Gasteiger partial charge in [0.05, 0.1) is 41.3 Å². The molecule has 8 rings (SSSR count). The fourth-order valence-electron chi connectivity index (χ4n) is 4.93. The summed E-state index contributed by atoms with van der Waals surface area (Å²) in [5, 5.41) is -2.03. The van der Waals surface area contributed by atoms with E-state index in [1.165, 1.54) is 0 Å². The average Bonchev–Trinajstić information content (AvgIpc) is 3.35. The van der Waals surface area contributed by atoms with Gasteiger partial charge in [0.1, 0.15) is 0 Å². The van der Waals surface area contributed by atoms with E-state index in [0.29, 0.717) is 6.07 Å². The maximum absolute atomic E-state index is 9.99. The molecule has 7 aromatic rings. The zero-order chi connectivity index (χ0) is 57.3. The lowest BCUT2D eigenvalue weighted by atomic mass is 9.67. The second kappa shape index (κ2) is 10.4. The summed E-state index contributed by atoms with van der Waals surface area (Å²) in [4.78, 5) is 0.287. The predicted molar refractivity (Wildman–Crippen MR) is 187 cm³/mol. The maximum atomic E-state index is 9.99. The van der Waals surface area contributed by atoms with Crippen molar-refractivity contribution >= 4 is 27.8 Å². The Hall–Kier alpha value is -5.40. The third-order valence-corrected chi connectivity index (χ3v) is 6.83. The van der Waals surface area contributed by atoms with Crippen LogP contribution in [0.25, 0.3) is 44.2 Å². The van der Waals surface area contributed by atoms with Crippen molar-refractivity contribution in [2.24, 2.45) is 0 Å². The second-order valence-electron chi connectivity index (χ2n) is 9.33. The van der Waals surface area contributed by atoms with E-state index < -0.39 is 249 Å². The second-order valence-corrected chi connectivity index (χ2v) is 9.33. The van der Waals surface area contributed by atoms with Crippen LogP contribution in [0.15, 0.2) is 163 Å². The zero-order valence-corrected chi connectivity index (χ0v) is 22.0. The molecule has 0 atom stereocenters. The number of nitrogens with zero attached hydrogens (tertiary/aromatic N) is 1. The first-order valence-electron chi connectivity index (χ1n) is 28.7. The van der Waals surface area contributed by atoms with Crippen LogP contribution in [0.1, 0.15) is 68.7 Å². The van der Waals surface area contributed by atoms with Crippen LogP contribution >= 0.6 is 0 Å². The van der Waals surface area contributed by atoms with Gasteiger partial charge in [-0.15, -0.1) is 0 Å². The number of rotatable bonds is 5. The smallest absolute Gasteiger partial charge is 0.0645 e. The van der Waals surface area contributed by atoms with E-state index in [2.05, 4.69) is 0 Å². The van der Waals surface area contributed by atoms with Gasteiger partial charge in [-0.25, -0.2) is 0 Å². The Bertz CT molecular complexity index is 3690. The molecule has 1 aliphatic carbocycles. The molecule has 0 aliphatic heterocycles. The standard InChI is InChI=1S/C43H33N/c1-43(2)38-27-23-34(31-15-8-4-9-16-31)29-37(38)42-40(28-24-33-17-12-20-39(43)41(33)42)44(35-18-10-5-11-19-35)36-25-21-32(22-26-36)30-13-6-3-7-14-30/h3-29H,1-2H3/i1D3,2D3,3D,4D,5D,6D,7D,8D,9D,10D,11D,12D,13D,14D,15D,16D,17D,18D,19D,20D,21D,22D,24D,25D,26D,27D,28D,29D. The summed E-state index contributed by atoms with van der Waals surface area (Å²) < 4.78 is 287. The highest BCUT2D eigenvalue weighted by atomic mass is 15.1. The van der Waals surface area contributed by atoms with Crippen molar-refractivity contribution in [2.45, 2.75) is 19.1 Å². The summed E-state index contributed by atoms with van der Waals surface area (Å²) in [7, 11) is 0. The molecule has 7 aromatic carbocycles. The lowest BCUT2D eigenvalue weighted by Gasteiger charge is -2.38. The summed E-state index contributed by atoms with van der Waals surface area (Å²) in [5.74, 6) is 0. The van der Waals surface area contributed by atoms with Gasteiger partial charge >= 0.3 is 0 Å². The van der Waals surface area contributed by atoms with Gasteiger partial charge in [0, 0.05) is 30.6 Å². The van der Waals surface area contributed by atoms with Crippen LogP contribution in [0.5, 0.6) is 0 Å². The maximum Gasteiger partial charge on any atom is 0.0645 e. The molecule has 0 unspecified atom stereocenters. The van der Waals surface area contributed by atoms with Gasteiger partial charge in [-0.05, 0) is 86.0 Å². The quantitative estimate of drug-likeness (QED) is 0.191. The third-order valence-electron chi connectivity index (χ3n) is 6.83. The van der Waals surface area contributed by atoms with Crippen LogP contribution in [0.3, 0.4) is 0 Å². The molecular formula is C43H33N. The Morgan fingerprint density at radius 1 is 0.523 bits per heavy atom. The van der Waals surface area contributed by atoms with Gasteiger partial charge in [0.15, 0.2) is 0 Å². The van der Waals surface area contributed by atoms with E-state index in [4.69, 9.17) is 28.8 Å². The summed E-state index contributed by atoms with van der Waals surface area (Å²) in [6, 6.07) is -29.2. The lowest BCUT2D eigenvalue weighted by Crippen LogP contribution is -2.24. The lowest BCUT2D eigenvalue weighted by molar-refractivity contribution is 0.645. The molecule has 0 heterocycles. The normalized spacial score (nSPS) is 23.8. The number of hydrogen-bond acceptors (Lipinski definition) is 1. The largest absolute Gasteiger partial charge is 0.310 e. The van der Waals surface area contributed by atoms with Crippen molar-refractivity contribution in [2.75, 3.05) is 4.90 Å². The molecule has 0 saturated carbocycles. The Morgan fingerprint density at radius 3 is 1.82 bits per heavy atom. The Balaban J connectivity index is 1.78. The molecule has 0 aromatic heterocycles. The molecule has 0 spiro atoms. The van der Waals surface area contributed by atoms with E-state index in [-0.39, 0.29) is 4.90 Å². The van der Waals surface area contributed by atoms with Crippen LogP contribution < -0.4 is 4.90 Å².